The highest BCUT2D eigenvalue weighted by molar-refractivity contribution is 9.10. The molecule has 1 amide bonds. The monoisotopic (exact) mass is 436 g/mol. The minimum atomic E-state index is -0.403. The number of ether oxygens (including phenoxy) is 1. The van der Waals surface area contributed by atoms with Crippen molar-refractivity contribution < 1.29 is 14.3 Å². The zero-order valence-electron chi connectivity index (χ0n) is 15.1. The summed E-state index contributed by atoms with van der Waals surface area (Å²) in [7, 11) is 0. The van der Waals surface area contributed by atoms with Crippen molar-refractivity contribution in [2.45, 2.75) is 6.92 Å². The molecule has 0 aliphatic carbocycles. The third-order valence-electron chi connectivity index (χ3n) is 3.95. The quantitative estimate of drug-likeness (QED) is 0.271. The summed E-state index contributed by atoms with van der Waals surface area (Å²) in [5.74, 6) is -0.282. The number of carbonyl (C=O) groups excluding carboxylic acids is 2. The zero-order chi connectivity index (χ0) is 19.9. The summed E-state index contributed by atoms with van der Waals surface area (Å²) in [5, 5.41) is 3.96. The number of hydrogen-bond donors (Lipinski definition) is 1. The second kappa shape index (κ2) is 9.10. The van der Waals surface area contributed by atoms with Gasteiger partial charge in [0.15, 0.2) is 0 Å². The van der Waals surface area contributed by atoms with Gasteiger partial charge in [-0.05, 0) is 76.4 Å². The van der Waals surface area contributed by atoms with Crippen LogP contribution in [0.4, 0.5) is 0 Å². The molecule has 3 rings (SSSR count). The highest BCUT2D eigenvalue weighted by atomic mass is 79.9. The van der Waals surface area contributed by atoms with Crippen molar-refractivity contribution in [1.29, 1.82) is 0 Å². The Morgan fingerprint density at radius 2 is 1.57 bits per heavy atom. The number of hydrogen-bond acceptors (Lipinski definition) is 4. The van der Waals surface area contributed by atoms with Crippen molar-refractivity contribution in [3.05, 3.63) is 99.5 Å². The topological polar surface area (TPSA) is 67.8 Å². The van der Waals surface area contributed by atoms with E-state index in [2.05, 4.69) is 26.5 Å². The first-order valence-corrected chi connectivity index (χ1v) is 9.30. The van der Waals surface area contributed by atoms with Gasteiger partial charge in [-0.1, -0.05) is 30.3 Å². The molecule has 6 heteroatoms. The normalized spacial score (nSPS) is 10.6. The van der Waals surface area contributed by atoms with Crippen LogP contribution >= 0.6 is 15.9 Å². The summed E-state index contributed by atoms with van der Waals surface area (Å²) < 4.78 is 6.09. The summed E-state index contributed by atoms with van der Waals surface area (Å²) in [6.45, 7) is 1.86. The number of nitrogens with zero attached hydrogens (tertiary/aromatic N) is 1. The van der Waals surface area contributed by atoms with E-state index in [0.29, 0.717) is 21.3 Å². The average Bonchev–Trinajstić information content (AvgIpc) is 2.70. The number of amides is 1. The number of carbonyl (C=O) groups is 2. The van der Waals surface area contributed by atoms with Crippen molar-refractivity contribution in [3.63, 3.8) is 0 Å². The van der Waals surface area contributed by atoms with Gasteiger partial charge in [0.1, 0.15) is 5.75 Å². The molecule has 0 fully saturated rings. The minimum Gasteiger partial charge on any atom is -0.423 e. The van der Waals surface area contributed by atoms with E-state index in [1.54, 1.807) is 54.6 Å². The predicted molar refractivity (Wildman–Crippen MR) is 112 cm³/mol. The number of halogens is 1. The molecule has 0 atom stereocenters. The summed E-state index contributed by atoms with van der Waals surface area (Å²) in [6.07, 6.45) is 1.52. The number of esters is 1. The van der Waals surface area contributed by atoms with E-state index < -0.39 is 5.97 Å². The van der Waals surface area contributed by atoms with Crippen LogP contribution in [0.2, 0.25) is 0 Å². The molecule has 0 aliphatic heterocycles. The second-order valence-electron chi connectivity index (χ2n) is 5.95. The Hall–Kier alpha value is -3.25. The lowest BCUT2D eigenvalue weighted by atomic mass is 10.1. The van der Waals surface area contributed by atoms with Crippen LogP contribution in [-0.4, -0.2) is 18.1 Å². The molecular weight excluding hydrogens is 420 g/mol. The maximum atomic E-state index is 12.2. The number of nitrogens with one attached hydrogen (secondary N) is 1. The number of benzene rings is 3. The first-order chi connectivity index (χ1) is 13.5. The van der Waals surface area contributed by atoms with Crippen LogP contribution in [0, 0.1) is 6.92 Å². The number of rotatable bonds is 5. The first kappa shape index (κ1) is 19.5. The summed E-state index contributed by atoms with van der Waals surface area (Å²) in [4.78, 5) is 24.3. The van der Waals surface area contributed by atoms with Crippen LogP contribution in [-0.2, 0) is 0 Å². The lowest BCUT2D eigenvalue weighted by Gasteiger charge is -2.06. The van der Waals surface area contributed by atoms with Crippen molar-refractivity contribution in [2.75, 3.05) is 0 Å². The molecule has 3 aromatic carbocycles. The van der Waals surface area contributed by atoms with Crippen LogP contribution in [0.1, 0.15) is 31.8 Å². The van der Waals surface area contributed by atoms with E-state index in [0.717, 1.165) is 11.1 Å². The lowest BCUT2D eigenvalue weighted by molar-refractivity contribution is 0.0733. The van der Waals surface area contributed by atoms with Crippen molar-refractivity contribution in [1.82, 2.24) is 5.43 Å². The summed E-state index contributed by atoms with van der Waals surface area (Å²) >= 11 is 3.33. The van der Waals surface area contributed by atoms with Crippen LogP contribution in [0.25, 0.3) is 0 Å². The predicted octanol–water partition coefficient (Wildman–Crippen LogP) is 4.74. The van der Waals surface area contributed by atoms with Gasteiger partial charge < -0.3 is 4.74 Å². The zero-order valence-corrected chi connectivity index (χ0v) is 16.6. The fourth-order valence-electron chi connectivity index (χ4n) is 2.46. The smallest absolute Gasteiger partial charge is 0.343 e. The SMILES string of the molecule is Cc1ccccc1C(=O)Oc1ccc(/C=N\NC(=O)c2ccccc2Br)cc1. The Morgan fingerprint density at radius 3 is 2.25 bits per heavy atom. The van der Waals surface area contributed by atoms with Gasteiger partial charge in [-0.2, -0.15) is 5.10 Å². The van der Waals surface area contributed by atoms with Gasteiger partial charge in [0.25, 0.3) is 5.91 Å². The minimum absolute atomic E-state index is 0.312. The summed E-state index contributed by atoms with van der Waals surface area (Å²) in [6, 6.07) is 21.2. The van der Waals surface area contributed by atoms with Gasteiger partial charge in [0, 0.05) is 4.47 Å². The molecular formula is C22H17BrN2O3. The molecule has 0 aliphatic rings. The van der Waals surface area contributed by atoms with E-state index in [1.165, 1.54) is 6.21 Å². The molecule has 0 spiro atoms. The molecule has 0 aromatic heterocycles. The Bertz CT molecular complexity index is 1030. The molecule has 0 saturated heterocycles. The molecule has 5 nitrogen and oxygen atoms in total. The fraction of sp³-hybridized carbons (Fsp3) is 0.0455. The van der Waals surface area contributed by atoms with Gasteiger partial charge in [0.05, 0.1) is 17.3 Å². The highest BCUT2D eigenvalue weighted by Crippen LogP contribution is 2.16. The van der Waals surface area contributed by atoms with Crippen LogP contribution in [0.15, 0.2) is 82.4 Å². The van der Waals surface area contributed by atoms with Gasteiger partial charge in [0.2, 0.25) is 0 Å². The average molecular weight is 437 g/mol. The Balaban J connectivity index is 1.59. The standard InChI is InChI=1S/C22H17BrN2O3/c1-15-6-2-3-7-18(15)22(27)28-17-12-10-16(11-13-17)14-24-25-21(26)19-8-4-5-9-20(19)23/h2-14H,1H3,(H,25,26)/b24-14-. The highest BCUT2D eigenvalue weighted by Gasteiger charge is 2.11. The molecule has 0 bridgehead atoms. The molecule has 3 aromatic rings. The van der Waals surface area contributed by atoms with Gasteiger partial charge in [-0.3, -0.25) is 4.79 Å². The number of aryl methyl sites for hydroxylation is 1. The fourth-order valence-corrected chi connectivity index (χ4v) is 2.92. The first-order valence-electron chi connectivity index (χ1n) is 8.50. The largest absolute Gasteiger partial charge is 0.423 e. The van der Waals surface area contributed by atoms with E-state index in [9.17, 15) is 9.59 Å². The van der Waals surface area contributed by atoms with E-state index in [1.807, 2.05) is 25.1 Å². The molecule has 0 unspecified atom stereocenters. The maximum Gasteiger partial charge on any atom is 0.343 e. The maximum absolute atomic E-state index is 12.2. The van der Waals surface area contributed by atoms with Crippen molar-refractivity contribution >= 4 is 34.0 Å². The molecule has 0 radical (unpaired) electrons. The van der Waals surface area contributed by atoms with Crippen molar-refractivity contribution in [3.8, 4) is 5.75 Å². The third-order valence-corrected chi connectivity index (χ3v) is 4.65. The lowest BCUT2D eigenvalue weighted by Crippen LogP contribution is -2.18. The van der Waals surface area contributed by atoms with Crippen LogP contribution in [0.3, 0.4) is 0 Å². The van der Waals surface area contributed by atoms with Crippen LogP contribution < -0.4 is 10.2 Å². The van der Waals surface area contributed by atoms with Gasteiger partial charge in [-0.15, -0.1) is 0 Å². The Labute approximate surface area is 171 Å². The third kappa shape index (κ3) is 4.92. The molecule has 0 heterocycles. The van der Waals surface area contributed by atoms with Gasteiger partial charge in [-0.25, -0.2) is 10.2 Å². The Kier molecular flexibility index (Phi) is 6.34. The summed E-state index contributed by atoms with van der Waals surface area (Å²) in [5.41, 5.74) is 5.12. The molecule has 1 N–H and O–H groups in total. The van der Waals surface area contributed by atoms with E-state index >= 15 is 0 Å². The second-order valence-corrected chi connectivity index (χ2v) is 6.81. The molecule has 140 valence electrons. The molecule has 28 heavy (non-hydrogen) atoms. The van der Waals surface area contributed by atoms with E-state index in [-0.39, 0.29) is 5.91 Å². The van der Waals surface area contributed by atoms with Crippen LogP contribution in [0.5, 0.6) is 5.75 Å². The number of hydrazone groups is 1. The van der Waals surface area contributed by atoms with E-state index in [4.69, 9.17) is 4.74 Å². The molecule has 0 saturated carbocycles. The van der Waals surface area contributed by atoms with Crippen molar-refractivity contribution in [2.24, 2.45) is 5.10 Å². The Morgan fingerprint density at radius 1 is 0.929 bits per heavy atom. The van der Waals surface area contributed by atoms with Gasteiger partial charge >= 0.3 is 5.97 Å².